The molecule has 0 aliphatic rings. The Hall–Kier alpha value is -2.08. The second-order valence-electron chi connectivity index (χ2n) is 5.91. The second-order valence-corrected chi connectivity index (χ2v) is 7.00. The molecule has 0 aliphatic carbocycles. The van der Waals surface area contributed by atoms with Gasteiger partial charge in [0, 0.05) is 7.05 Å². The van der Waals surface area contributed by atoms with Crippen LogP contribution in [-0.4, -0.2) is 25.1 Å². The van der Waals surface area contributed by atoms with Crippen LogP contribution < -0.4 is 5.56 Å². The number of fused-ring (bicyclic) bond motifs is 1. The zero-order valence-electron chi connectivity index (χ0n) is 13.6. The summed E-state index contributed by atoms with van der Waals surface area (Å²) in [7, 11) is 1.83. The van der Waals surface area contributed by atoms with E-state index in [4.69, 9.17) is 0 Å². The molecule has 6 heteroatoms. The lowest BCUT2D eigenvalue weighted by Crippen LogP contribution is -2.19. The van der Waals surface area contributed by atoms with Crippen LogP contribution in [-0.2, 0) is 7.05 Å². The minimum absolute atomic E-state index is 0.0682. The van der Waals surface area contributed by atoms with E-state index in [1.807, 2.05) is 37.4 Å². The Morgan fingerprint density at radius 3 is 2.65 bits per heavy atom. The van der Waals surface area contributed by atoms with Crippen molar-refractivity contribution in [2.75, 3.05) is 5.75 Å². The van der Waals surface area contributed by atoms with Gasteiger partial charge in [0.2, 0.25) is 0 Å². The molecule has 0 bridgehead atoms. The largest absolute Gasteiger partial charge is 0.270 e. The highest BCUT2D eigenvalue weighted by Crippen LogP contribution is 2.25. The molecule has 2 aromatic heterocycles. The normalized spacial score (nSPS) is 11.5. The van der Waals surface area contributed by atoms with Gasteiger partial charge in [0.15, 0.2) is 5.65 Å². The zero-order chi connectivity index (χ0) is 16.4. The number of hydrogen-bond acceptors (Lipinski definition) is 4. The number of aryl methyl sites for hydroxylation is 1. The molecule has 120 valence electrons. The maximum atomic E-state index is 12.9. The van der Waals surface area contributed by atoms with Crippen molar-refractivity contribution in [2.24, 2.45) is 13.0 Å². The minimum Gasteiger partial charge on any atom is -0.268 e. The zero-order valence-corrected chi connectivity index (χ0v) is 14.4. The SMILES string of the molecule is CC(C)CCSc1nn(C)c2ncn(-c3ccccc3)c(=O)c12. The molecule has 0 saturated heterocycles. The van der Waals surface area contributed by atoms with Gasteiger partial charge in [0.05, 0.1) is 5.69 Å². The van der Waals surface area contributed by atoms with Gasteiger partial charge in [-0.1, -0.05) is 32.0 Å². The van der Waals surface area contributed by atoms with E-state index >= 15 is 0 Å². The van der Waals surface area contributed by atoms with Crippen LogP contribution in [0.1, 0.15) is 20.3 Å². The Balaban J connectivity index is 2.07. The molecule has 0 N–H and O–H groups in total. The first-order chi connectivity index (χ1) is 11.1. The topological polar surface area (TPSA) is 52.7 Å². The lowest BCUT2D eigenvalue weighted by atomic mass is 10.2. The van der Waals surface area contributed by atoms with Crippen LogP contribution in [0.15, 0.2) is 46.5 Å². The summed E-state index contributed by atoms with van der Waals surface area (Å²) in [4.78, 5) is 17.3. The third-order valence-electron chi connectivity index (χ3n) is 3.68. The van der Waals surface area contributed by atoms with Crippen molar-refractivity contribution in [3.8, 4) is 5.69 Å². The van der Waals surface area contributed by atoms with Crippen LogP contribution >= 0.6 is 11.8 Å². The molecular weight excluding hydrogens is 308 g/mol. The smallest absolute Gasteiger partial charge is 0.268 e. The van der Waals surface area contributed by atoms with E-state index in [-0.39, 0.29) is 5.56 Å². The molecule has 3 aromatic rings. The van der Waals surface area contributed by atoms with Gasteiger partial charge in [0.25, 0.3) is 5.56 Å². The van der Waals surface area contributed by atoms with Gasteiger partial charge in [0.1, 0.15) is 16.7 Å². The van der Waals surface area contributed by atoms with Gasteiger partial charge in [-0.15, -0.1) is 11.8 Å². The van der Waals surface area contributed by atoms with Crippen LogP contribution in [0.25, 0.3) is 16.7 Å². The number of thioether (sulfide) groups is 1. The van der Waals surface area contributed by atoms with Gasteiger partial charge in [-0.05, 0) is 30.2 Å². The Labute approximate surface area is 139 Å². The van der Waals surface area contributed by atoms with Gasteiger partial charge < -0.3 is 0 Å². The Morgan fingerprint density at radius 2 is 1.96 bits per heavy atom. The minimum atomic E-state index is -0.0682. The van der Waals surface area contributed by atoms with Crippen molar-refractivity contribution in [3.05, 3.63) is 47.0 Å². The fourth-order valence-corrected chi connectivity index (χ4v) is 3.66. The standard InChI is InChI=1S/C17H20N4OS/c1-12(2)9-10-23-16-14-15(20(3)19-16)18-11-21(17(14)22)13-7-5-4-6-8-13/h4-8,11-12H,9-10H2,1-3H3. The molecule has 0 spiro atoms. The van der Waals surface area contributed by atoms with Gasteiger partial charge >= 0.3 is 0 Å². The third kappa shape index (κ3) is 3.17. The van der Waals surface area contributed by atoms with Crippen molar-refractivity contribution >= 4 is 22.8 Å². The van der Waals surface area contributed by atoms with E-state index in [0.29, 0.717) is 17.0 Å². The van der Waals surface area contributed by atoms with E-state index in [1.165, 1.54) is 0 Å². The highest BCUT2D eigenvalue weighted by molar-refractivity contribution is 7.99. The molecule has 0 saturated carbocycles. The molecule has 0 aliphatic heterocycles. The Bertz CT molecular complexity index is 867. The average Bonchev–Trinajstić information content (AvgIpc) is 2.85. The highest BCUT2D eigenvalue weighted by Gasteiger charge is 2.16. The number of hydrogen-bond donors (Lipinski definition) is 0. The predicted octanol–water partition coefficient (Wildman–Crippen LogP) is 3.26. The molecular formula is C17H20N4OS. The Morgan fingerprint density at radius 1 is 1.22 bits per heavy atom. The molecule has 3 rings (SSSR count). The maximum absolute atomic E-state index is 12.9. The van der Waals surface area contributed by atoms with Crippen LogP contribution in [0.5, 0.6) is 0 Å². The first-order valence-electron chi connectivity index (χ1n) is 7.70. The quantitative estimate of drug-likeness (QED) is 0.675. The molecule has 0 radical (unpaired) electrons. The van der Waals surface area contributed by atoms with E-state index in [1.54, 1.807) is 27.3 Å². The van der Waals surface area contributed by atoms with Crippen LogP contribution in [0, 0.1) is 5.92 Å². The van der Waals surface area contributed by atoms with E-state index in [2.05, 4.69) is 23.9 Å². The van der Waals surface area contributed by atoms with Crippen LogP contribution in [0.2, 0.25) is 0 Å². The predicted molar refractivity (Wildman–Crippen MR) is 94.3 cm³/mol. The third-order valence-corrected chi connectivity index (χ3v) is 4.68. The highest BCUT2D eigenvalue weighted by atomic mass is 32.2. The van der Waals surface area contributed by atoms with Crippen LogP contribution in [0.4, 0.5) is 0 Å². The molecule has 0 atom stereocenters. The van der Waals surface area contributed by atoms with Crippen LogP contribution in [0.3, 0.4) is 0 Å². The molecule has 0 unspecified atom stereocenters. The molecule has 0 fully saturated rings. The Kier molecular flexibility index (Phi) is 4.52. The average molecular weight is 328 g/mol. The van der Waals surface area contributed by atoms with E-state index < -0.39 is 0 Å². The summed E-state index contributed by atoms with van der Waals surface area (Å²) < 4.78 is 3.26. The summed E-state index contributed by atoms with van der Waals surface area (Å²) in [5, 5.41) is 5.86. The van der Waals surface area contributed by atoms with Crippen molar-refractivity contribution in [3.63, 3.8) is 0 Å². The second kappa shape index (κ2) is 6.58. The fourth-order valence-electron chi connectivity index (χ4n) is 2.38. The summed E-state index contributed by atoms with van der Waals surface area (Å²) in [5.41, 5.74) is 1.38. The summed E-state index contributed by atoms with van der Waals surface area (Å²) in [6.45, 7) is 4.39. The van der Waals surface area contributed by atoms with Crippen molar-refractivity contribution in [1.82, 2.24) is 19.3 Å². The van der Waals surface area contributed by atoms with Gasteiger partial charge in [-0.2, -0.15) is 5.10 Å². The molecule has 0 amide bonds. The summed E-state index contributed by atoms with van der Waals surface area (Å²) in [6.07, 6.45) is 2.67. The summed E-state index contributed by atoms with van der Waals surface area (Å²) in [5.74, 6) is 1.58. The van der Waals surface area contributed by atoms with Crippen molar-refractivity contribution in [1.29, 1.82) is 0 Å². The monoisotopic (exact) mass is 328 g/mol. The van der Waals surface area contributed by atoms with Crippen molar-refractivity contribution in [2.45, 2.75) is 25.3 Å². The van der Waals surface area contributed by atoms with Gasteiger partial charge in [-0.3, -0.25) is 9.36 Å². The first kappa shape index (κ1) is 15.8. The molecule has 2 heterocycles. The lowest BCUT2D eigenvalue weighted by molar-refractivity contribution is 0.631. The number of rotatable bonds is 5. The molecule has 23 heavy (non-hydrogen) atoms. The number of para-hydroxylation sites is 1. The fraction of sp³-hybridized carbons (Fsp3) is 0.353. The van der Waals surface area contributed by atoms with Crippen molar-refractivity contribution < 1.29 is 0 Å². The van der Waals surface area contributed by atoms with E-state index in [9.17, 15) is 4.79 Å². The summed E-state index contributed by atoms with van der Waals surface area (Å²) in [6, 6.07) is 9.55. The number of aromatic nitrogens is 4. The molecule has 1 aromatic carbocycles. The number of benzene rings is 1. The first-order valence-corrected chi connectivity index (χ1v) is 8.69. The molecule has 5 nitrogen and oxygen atoms in total. The van der Waals surface area contributed by atoms with E-state index in [0.717, 1.165) is 22.9 Å². The lowest BCUT2D eigenvalue weighted by Gasteiger charge is -2.05. The maximum Gasteiger partial charge on any atom is 0.270 e. The number of nitrogens with zero attached hydrogens (tertiary/aromatic N) is 4. The van der Waals surface area contributed by atoms with Gasteiger partial charge in [-0.25, -0.2) is 9.67 Å². The summed E-state index contributed by atoms with van der Waals surface area (Å²) >= 11 is 1.63.